The van der Waals surface area contributed by atoms with E-state index in [0.29, 0.717) is 11.5 Å². The molecule has 1 heterocycles. The van der Waals surface area contributed by atoms with Crippen molar-refractivity contribution >= 4 is 15.7 Å². The van der Waals surface area contributed by atoms with E-state index in [4.69, 9.17) is 4.42 Å². The number of nitrogens with zero attached hydrogens (tertiary/aromatic N) is 1. The number of hydrogen-bond donors (Lipinski definition) is 1. The highest BCUT2D eigenvalue weighted by Gasteiger charge is 2.18. The van der Waals surface area contributed by atoms with Gasteiger partial charge in [0.25, 0.3) is 5.69 Å². The zero-order chi connectivity index (χ0) is 15.6. The molecule has 8 heteroatoms. The molecule has 1 N–H and O–H groups in total. The Balaban J connectivity index is 2.20. The molecule has 0 aliphatic rings. The molecule has 0 bridgehead atoms. The van der Waals surface area contributed by atoms with Crippen molar-refractivity contribution in [3.8, 4) is 0 Å². The van der Waals surface area contributed by atoms with Gasteiger partial charge in [-0.25, -0.2) is 13.1 Å². The van der Waals surface area contributed by atoms with Gasteiger partial charge in [-0.2, -0.15) is 0 Å². The lowest BCUT2D eigenvalue weighted by Crippen LogP contribution is -2.23. The number of hydrogen-bond acceptors (Lipinski definition) is 5. The molecule has 0 amide bonds. The molecule has 0 saturated carbocycles. The smallest absolute Gasteiger partial charge is 0.270 e. The molecule has 0 fully saturated rings. The third kappa shape index (κ3) is 3.47. The third-order valence-electron chi connectivity index (χ3n) is 2.94. The van der Waals surface area contributed by atoms with Crippen molar-refractivity contribution in [2.75, 3.05) is 0 Å². The average Bonchev–Trinajstić information content (AvgIpc) is 2.75. The SMILES string of the molecule is Cc1cc(CNS(=O)(=O)c2cccc([N+](=O)[O-])c2)c(C)o1. The van der Waals surface area contributed by atoms with E-state index in [1.165, 1.54) is 18.2 Å². The summed E-state index contributed by atoms with van der Waals surface area (Å²) in [5.74, 6) is 1.33. The topological polar surface area (TPSA) is 102 Å². The standard InChI is InChI=1S/C13H14N2O5S/c1-9-6-11(10(2)20-9)8-14-21(18,19)13-5-3-4-12(7-13)15(16)17/h3-7,14H,8H2,1-2H3. The monoisotopic (exact) mass is 310 g/mol. The maximum Gasteiger partial charge on any atom is 0.270 e. The molecule has 1 aromatic carbocycles. The largest absolute Gasteiger partial charge is 0.466 e. The van der Waals surface area contributed by atoms with E-state index in [0.717, 1.165) is 11.6 Å². The van der Waals surface area contributed by atoms with E-state index < -0.39 is 14.9 Å². The molecule has 0 spiro atoms. The second kappa shape index (κ2) is 5.66. The van der Waals surface area contributed by atoms with Crippen molar-refractivity contribution in [1.82, 2.24) is 4.72 Å². The first-order valence-corrected chi connectivity index (χ1v) is 7.58. The first-order valence-electron chi connectivity index (χ1n) is 6.09. The highest BCUT2D eigenvalue weighted by molar-refractivity contribution is 7.89. The number of nitrogens with one attached hydrogen (secondary N) is 1. The summed E-state index contributed by atoms with van der Waals surface area (Å²) in [7, 11) is -3.82. The molecular weight excluding hydrogens is 296 g/mol. The number of benzene rings is 1. The zero-order valence-electron chi connectivity index (χ0n) is 11.5. The van der Waals surface area contributed by atoms with Gasteiger partial charge in [0.1, 0.15) is 11.5 Å². The number of nitro benzene ring substituents is 1. The quantitative estimate of drug-likeness (QED) is 0.674. The van der Waals surface area contributed by atoms with E-state index >= 15 is 0 Å². The minimum atomic E-state index is -3.82. The lowest BCUT2D eigenvalue weighted by atomic mass is 10.2. The minimum Gasteiger partial charge on any atom is -0.466 e. The van der Waals surface area contributed by atoms with Crippen LogP contribution in [0.25, 0.3) is 0 Å². The van der Waals surface area contributed by atoms with Crippen LogP contribution in [-0.2, 0) is 16.6 Å². The highest BCUT2D eigenvalue weighted by atomic mass is 32.2. The van der Waals surface area contributed by atoms with Gasteiger partial charge in [0, 0.05) is 24.2 Å². The number of non-ortho nitro benzene ring substituents is 1. The molecule has 0 atom stereocenters. The molecule has 0 unspecified atom stereocenters. The zero-order valence-corrected chi connectivity index (χ0v) is 12.3. The maximum atomic E-state index is 12.1. The second-order valence-corrected chi connectivity index (χ2v) is 6.28. The predicted octanol–water partition coefficient (Wildman–Crippen LogP) is 2.28. The van der Waals surface area contributed by atoms with Gasteiger partial charge in [-0.3, -0.25) is 10.1 Å². The van der Waals surface area contributed by atoms with Crippen LogP contribution in [0, 0.1) is 24.0 Å². The van der Waals surface area contributed by atoms with E-state index in [1.807, 2.05) is 0 Å². The van der Waals surface area contributed by atoms with Crippen LogP contribution in [0.4, 0.5) is 5.69 Å². The van der Waals surface area contributed by atoms with Crippen molar-refractivity contribution < 1.29 is 17.8 Å². The van der Waals surface area contributed by atoms with Crippen LogP contribution >= 0.6 is 0 Å². The van der Waals surface area contributed by atoms with Crippen LogP contribution in [0.15, 0.2) is 39.6 Å². The fraction of sp³-hybridized carbons (Fsp3) is 0.231. The molecule has 112 valence electrons. The molecule has 21 heavy (non-hydrogen) atoms. The summed E-state index contributed by atoms with van der Waals surface area (Å²) < 4.78 is 32.0. The van der Waals surface area contributed by atoms with E-state index in [1.54, 1.807) is 19.9 Å². The van der Waals surface area contributed by atoms with Crippen molar-refractivity contribution in [3.63, 3.8) is 0 Å². The van der Waals surface area contributed by atoms with Crippen molar-refractivity contribution in [1.29, 1.82) is 0 Å². The summed E-state index contributed by atoms with van der Waals surface area (Å²) in [5, 5.41) is 10.7. The van der Waals surface area contributed by atoms with E-state index in [2.05, 4.69) is 4.72 Å². The van der Waals surface area contributed by atoms with Crippen LogP contribution in [0.3, 0.4) is 0 Å². The molecule has 7 nitrogen and oxygen atoms in total. The normalized spacial score (nSPS) is 11.5. The van der Waals surface area contributed by atoms with Crippen molar-refractivity contribution in [2.45, 2.75) is 25.3 Å². The van der Waals surface area contributed by atoms with Gasteiger partial charge >= 0.3 is 0 Å². The fourth-order valence-electron chi connectivity index (χ4n) is 1.88. The maximum absolute atomic E-state index is 12.1. The Labute approximate surface area is 121 Å². The van der Waals surface area contributed by atoms with Crippen LogP contribution in [0.1, 0.15) is 17.1 Å². The summed E-state index contributed by atoms with van der Waals surface area (Å²) in [6.45, 7) is 3.57. The first-order chi connectivity index (χ1) is 9.79. The van der Waals surface area contributed by atoms with Gasteiger partial charge in [0.15, 0.2) is 0 Å². The molecule has 0 aliphatic heterocycles. The summed E-state index contributed by atoms with van der Waals surface area (Å²) in [4.78, 5) is 9.90. The predicted molar refractivity (Wildman–Crippen MR) is 75.3 cm³/mol. The van der Waals surface area contributed by atoms with E-state index in [9.17, 15) is 18.5 Å². The third-order valence-corrected chi connectivity index (χ3v) is 4.33. The van der Waals surface area contributed by atoms with Gasteiger partial charge in [0.2, 0.25) is 10.0 Å². The van der Waals surface area contributed by atoms with Crippen LogP contribution < -0.4 is 4.72 Å². The number of furan rings is 1. The Morgan fingerprint density at radius 1 is 1.29 bits per heavy atom. The van der Waals surface area contributed by atoms with Crippen LogP contribution in [0.5, 0.6) is 0 Å². The first kappa shape index (κ1) is 15.2. The Morgan fingerprint density at radius 2 is 2.00 bits per heavy atom. The Bertz CT molecular complexity index is 780. The minimum absolute atomic E-state index is 0.0637. The fourth-order valence-corrected chi connectivity index (χ4v) is 2.93. The number of nitro groups is 1. The summed E-state index contributed by atoms with van der Waals surface area (Å²) in [6.07, 6.45) is 0. The average molecular weight is 310 g/mol. The summed E-state index contributed by atoms with van der Waals surface area (Å²) >= 11 is 0. The van der Waals surface area contributed by atoms with Gasteiger partial charge < -0.3 is 4.42 Å². The molecule has 0 aliphatic carbocycles. The molecule has 2 aromatic rings. The van der Waals surface area contributed by atoms with E-state index in [-0.39, 0.29) is 17.1 Å². The number of sulfonamides is 1. The number of rotatable bonds is 5. The van der Waals surface area contributed by atoms with Crippen LogP contribution in [-0.4, -0.2) is 13.3 Å². The highest BCUT2D eigenvalue weighted by Crippen LogP contribution is 2.18. The van der Waals surface area contributed by atoms with Crippen LogP contribution in [0.2, 0.25) is 0 Å². The van der Waals surface area contributed by atoms with Crippen molar-refractivity contribution in [2.24, 2.45) is 0 Å². The summed E-state index contributed by atoms with van der Waals surface area (Å²) in [5.41, 5.74) is 0.453. The Kier molecular flexibility index (Phi) is 4.10. The molecule has 1 aromatic heterocycles. The van der Waals surface area contributed by atoms with Crippen molar-refractivity contribution in [3.05, 3.63) is 57.5 Å². The van der Waals surface area contributed by atoms with Gasteiger partial charge in [-0.05, 0) is 26.0 Å². The lowest BCUT2D eigenvalue weighted by Gasteiger charge is -2.06. The van der Waals surface area contributed by atoms with Gasteiger partial charge in [-0.15, -0.1) is 0 Å². The van der Waals surface area contributed by atoms with Gasteiger partial charge in [0.05, 0.1) is 9.82 Å². The molecular formula is C13H14N2O5S. The number of aryl methyl sites for hydroxylation is 2. The summed E-state index contributed by atoms with van der Waals surface area (Å²) in [6, 6.07) is 6.65. The second-order valence-electron chi connectivity index (χ2n) is 4.52. The van der Waals surface area contributed by atoms with Gasteiger partial charge in [-0.1, -0.05) is 6.07 Å². The Hall–Kier alpha value is -2.19. The molecule has 0 radical (unpaired) electrons. The lowest BCUT2D eigenvalue weighted by molar-refractivity contribution is -0.385. The Morgan fingerprint density at radius 3 is 2.57 bits per heavy atom. The molecule has 0 saturated heterocycles. The molecule has 2 rings (SSSR count).